The largest absolute Gasteiger partial charge is 0.480 e. The highest BCUT2D eigenvalue weighted by Gasteiger charge is 2.30. The van der Waals surface area contributed by atoms with Gasteiger partial charge in [0, 0.05) is 12.2 Å². The van der Waals surface area contributed by atoms with Gasteiger partial charge in [-0.15, -0.1) is 0 Å². The van der Waals surface area contributed by atoms with Crippen LogP contribution in [0.2, 0.25) is 0 Å². The lowest BCUT2D eigenvalue weighted by Crippen LogP contribution is -2.58. The van der Waals surface area contributed by atoms with Crippen LogP contribution in [0.1, 0.15) is 33.1 Å². The maximum absolute atomic E-state index is 12.6. The number of thiol groups is 1. The van der Waals surface area contributed by atoms with Gasteiger partial charge in [0.1, 0.15) is 18.1 Å². The van der Waals surface area contributed by atoms with Crippen LogP contribution in [-0.4, -0.2) is 76.6 Å². The lowest BCUT2D eigenvalue weighted by atomic mass is 10.0. The van der Waals surface area contributed by atoms with Crippen molar-refractivity contribution in [3.63, 3.8) is 0 Å². The lowest BCUT2D eigenvalue weighted by Gasteiger charge is -2.25. The van der Waals surface area contributed by atoms with E-state index in [1.54, 1.807) is 13.8 Å². The van der Waals surface area contributed by atoms with Crippen LogP contribution in [0, 0.1) is 5.92 Å². The van der Waals surface area contributed by atoms with Gasteiger partial charge in [-0.05, 0) is 30.8 Å². The van der Waals surface area contributed by atoms with Crippen molar-refractivity contribution in [3.05, 3.63) is 0 Å². The molecule has 11 nitrogen and oxygen atoms in total. The number of primary amides is 1. The average Bonchev–Trinajstić information content (AvgIpc) is 2.70. The maximum atomic E-state index is 12.6. The molecule has 0 saturated carbocycles. The normalized spacial score (nSPS) is 14.8. The first-order chi connectivity index (χ1) is 14.4. The Labute approximate surface area is 191 Å². The molecule has 0 fully saturated rings. The molecule has 0 aliphatic heterocycles. The number of aliphatic carboxylic acids is 1. The van der Waals surface area contributed by atoms with Gasteiger partial charge in [-0.25, -0.2) is 4.79 Å². The van der Waals surface area contributed by atoms with Gasteiger partial charge in [0.05, 0.1) is 6.04 Å². The van der Waals surface area contributed by atoms with E-state index in [-0.39, 0.29) is 30.9 Å². The molecule has 4 amide bonds. The second-order valence-electron chi connectivity index (χ2n) is 7.26. The van der Waals surface area contributed by atoms with Gasteiger partial charge in [-0.3, -0.25) is 19.2 Å². The number of hydrogen-bond donors (Lipinski definition) is 7. The van der Waals surface area contributed by atoms with Crippen LogP contribution in [0.3, 0.4) is 0 Å². The maximum Gasteiger partial charge on any atom is 0.326 e. The molecule has 0 radical (unpaired) electrons. The van der Waals surface area contributed by atoms with E-state index < -0.39 is 53.8 Å². The van der Waals surface area contributed by atoms with Crippen LogP contribution in [0.5, 0.6) is 0 Å². The summed E-state index contributed by atoms with van der Waals surface area (Å²) in [5.41, 5.74) is 10.8. The molecule has 0 aliphatic rings. The Morgan fingerprint density at radius 1 is 0.935 bits per heavy atom. The van der Waals surface area contributed by atoms with Crippen molar-refractivity contribution in [2.45, 2.75) is 57.3 Å². The van der Waals surface area contributed by atoms with Gasteiger partial charge in [0.2, 0.25) is 23.6 Å². The summed E-state index contributed by atoms with van der Waals surface area (Å²) in [6, 6.07) is -4.23. The smallest absolute Gasteiger partial charge is 0.326 e. The zero-order chi connectivity index (χ0) is 24.1. The summed E-state index contributed by atoms with van der Waals surface area (Å²) in [4.78, 5) is 59.7. The van der Waals surface area contributed by atoms with Gasteiger partial charge in [-0.2, -0.15) is 24.4 Å². The van der Waals surface area contributed by atoms with Crippen molar-refractivity contribution < 1.29 is 29.1 Å². The zero-order valence-corrected chi connectivity index (χ0v) is 19.6. The first-order valence-corrected chi connectivity index (χ1v) is 11.7. The number of nitrogens with one attached hydrogen (secondary N) is 3. The van der Waals surface area contributed by atoms with Gasteiger partial charge < -0.3 is 32.5 Å². The Kier molecular flexibility index (Phi) is 14.0. The van der Waals surface area contributed by atoms with E-state index in [9.17, 15) is 29.1 Å². The summed E-state index contributed by atoms with van der Waals surface area (Å²) in [5.74, 6) is -3.58. The molecule has 4 atom stereocenters. The zero-order valence-electron chi connectivity index (χ0n) is 17.9. The van der Waals surface area contributed by atoms with E-state index in [0.29, 0.717) is 5.75 Å². The van der Waals surface area contributed by atoms with Crippen molar-refractivity contribution in [2.75, 3.05) is 17.8 Å². The molecule has 0 rings (SSSR count). The fourth-order valence-electron chi connectivity index (χ4n) is 2.36. The SMILES string of the molecule is CSCCC(NC(=O)C(CS)NC(=O)C(N)C(C)C)C(=O)NC(CCC(N)=O)C(=O)O. The number of carboxylic acid groups (broad SMARTS) is 1. The number of carbonyl (C=O) groups is 5. The van der Waals surface area contributed by atoms with Gasteiger partial charge in [0.15, 0.2) is 0 Å². The molecule has 0 spiro atoms. The Morgan fingerprint density at radius 3 is 1.90 bits per heavy atom. The number of nitrogens with two attached hydrogens (primary N) is 2. The average molecular weight is 480 g/mol. The number of carboxylic acids is 1. The molecule has 13 heteroatoms. The molecular weight excluding hydrogens is 446 g/mol. The minimum absolute atomic E-state index is 0.0321. The highest BCUT2D eigenvalue weighted by atomic mass is 32.2. The number of amides is 4. The third-order valence-electron chi connectivity index (χ3n) is 4.37. The number of carbonyl (C=O) groups excluding carboxylic acids is 4. The summed E-state index contributed by atoms with van der Waals surface area (Å²) in [6.45, 7) is 3.53. The molecule has 0 aromatic rings. The Hall–Kier alpha value is -1.99. The fourth-order valence-corrected chi connectivity index (χ4v) is 3.09. The topological polar surface area (TPSA) is 194 Å². The van der Waals surface area contributed by atoms with Crippen molar-refractivity contribution in [1.82, 2.24) is 16.0 Å². The van der Waals surface area contributed by atoms with Gasteiger partial charge in [-0.1, -0.05) is 13.8 Å². The first-order valence-electron chi connectivity index (χ1n) is 9.72. The summed E-state index contributed by atoms with van der Waals surface area (Å²) >= 11 is 5.52. The van der Waals surface area contributed by atoms with E-state index in [4.69, 9.17) is 11.5 Å². The molecule has 31 heavy (non-hydrogen) atoms. The van der Waals surface area contributed by atoms with E-state index in [1.807, 2.05) is 6.26 Å². The second-order valence-corrected chi connectivity index (χ2v) is 8.61. The molecule has 0 aromatic heterocycles. The summed E-state index contributed by atoms with van der Waals surface area (Å²) < 4.78 is 0. The standard InChI is InChI=1S/C18H33N5O6S2/c1-9(2)14(20)17(27)23-12(8-30)16(26)21-10(6-7-31-3)15(25)22-11(18(28)29)4-5-13(19)24/h9-12,14,30H,4-8,20H2,1-3H3,(H2,19,24)(H,21,26)(H,22,25)(H,23,27)(H,28,29). The Bertz CT molecular complexity index is 649. The van der Waals surface area contributed by atoms with Crippen molar-refractivity contribution in [1.29, 1.82) is 0 Å². The molecule has 0 heterocycles. The van der Waals surface area contributed by atoms with Crippen molar-refractivity contribution in [3.8, 4) is 0 Å². The summed E-state index contributed by atoms with van der Waals surface area (Å²) in [5, 5.41) is 16.6. The number of thioether (sulfide) groups is 1. The number of rotatable bonds is 15. The molecule has 0 saturated heterocycles. The van der Waals surface area contributed by atoms with Crippen LogP contribution in [-0.2, 0) is 24.0 Å². The molecule has 0 aliphatic carbocycles. The van der Waals surface area contributed by atoms with E-state index in [1.165, 1.54) is 11.8 Å². The third-order valence-corrected chi connectivity index (χ3v) is 5.38. The van der Waals surface area contributed by atoms with E-state index in [0.717, 1.165) is 0 Å². The minimum atomic E-state index is -1.34. The van der Waals surface area contributed by atoms with Crippen LogP contribution in [0.25, 0.3) is 0 Å². The molecule has 0 aromatic carbocycles. The lowest BCUT2D eigenvalue weighted by molar-refractivity contribution is -0.142. The molecule has 4 unspecified atom stereocenters. The van der Waals surface area contributed by atoms with Crippen LogP contribution < -0.4 is 27.4 Å². The van der Waals surface area contributed by atoms with Gasteiger partial charge in [0.25, 0.3) is 0 Å². The predicted octanol–water partition coefficient (Wildman–Crippen LogP) is -1.54. The van der Waals surface area contributed by atoms with Crippen LogP contribution in [0.4, 0.5) is 0 Å². The summed E-state index contributed by atoms with van der Waals surface area (Å²) in [7, 11) is 0. The Balaban J connectivity index is 5.24. The molecule has 178 valence electrons. The Morgan fingerprint density at radius 2 is 1.45 bits per heavy atom. The van der Waals surface area contributed by atoms with E-state index in [2.05, 4.69) is 28.6 Å². The number of hydrogen-bond acceptors (Lipinski definition) is 8. The van der Waals surface area contributed by atoms with Crippen LogP contribution >= 0.6 is 24.4 Å². The first kappa shape index (κ1) is 29.0. The summed E-state index contributed by atoms with van der Waals surface area (Å²) in [6.07, 6.45) is 1.64. The van der Waals surface area contributed by atoms with Crippen molar-refractivity contribution >= 4 is 54.0 Å². The monoisotopic (exact) mass is 479 g/mol. The third kappa shape index (κ3) is 11.3. The van der Waals surface area contributed by atoms with Gasteiger partial charge >= 0.3 is 5.97 Å². The molecular formula is C18H33N5O6S2. The quantitative estimate of drug-likeness (QED) is 0.137. The highest BCUT2D eigenvalue weighted by Crippen LogP contribution is 2.05. The predicted molar refractivity (Wildman–Crippen MR) is 122 cm³/mol. The van der Waals surface area contributed by atoms with Crippen molar-refractivity contribution in [2.24, 2.45) is 17.4 Å². The highest BCUT2D eigenvalue weighted by molar-refractivity contribution is 7.98. The molecule has 0 bridgehead atoms. The minimum Gasteiger partial charge on any atom is -0.480 e. The van der Waals surface area contributed by atoms with E-state index >= 15 is 0 Å². The molecule has 8 N–H and O–H groups in total. The second kappa shape index (κ2) is 14.9. The van der Waals surface area contributed by atoms with Crippen LogP contribution in [0.15, 0.2) is 0 Å². The fraction of sp³-hybridized carbons (Fsp3) is 0.722.